The monoisotopic (exact) mass is 330 g/mol. The zero-order chi connectivity index (χ0) is 16.3. The SMILES string of the molecule is CSc1ccc(S(=O)(=O)N(C)CC(=O)NC(C)(C)C)cc1. The van der Waals surface area contributed by atoms with Crippen molar-refractivity contribution in [2.75, 3.05) is 19.8 Å². The third kappa shape index (κ3) is 5.33. The highest BCUT2D eigenvalue weighted by atomic mass is 32.2. The van der Waals surface area contributed by atoms with Crippen LogP contribution in [0.2, 0.25) is 0 Å². The van der Waals surface area contributed by atoms with Crippen molar-refractivity contribution in [3.63, 3.8) is 0 Å². The number of hydrogen-bond donors (Lipinski definition) is 1. The molecule has 7 heteroatoms. The van der Waals surface area contributed by atoms with Gasteiger partial charge < -0.3 is 5.32 Å². The molecule has 0 saturated carbocycles. The Labute approximate surface area is 131 Å². The standard InChI is InChI=1S/C14H22N2O3S2/c1-14(2,3)15-13(17)10-16(4)21(18,19)12-8-6-11(20-5)7-9-12/h6-9H,10H2,1-5H3,(H,15,17). The smallest absolute Gasteiger partial charge is 0.243 e. The molecule has 0 spiro atoms. The largest absolute Gasteiger partial charge is 0.350 e. The van der Waals surface area contributed by atoms with Crippen LogP contribution in [-0.4, -0.2) is 44.0 Å². The third-order valence-corrected chi connectivity index (χ3v) is 5.21. The Hall–Kier alpha value is -1.05. The molecule has 0 aliphatic carbocycles. The summed E-state index contributed by atoms with van der Waals surface area (Å²) in [5.41, 5.74) is -0.387. The number of thioether (sulfide) groups is 1. The van der Waals surface area contributed by atoms with Crippen LogP contribution in [0.1, 0.15) is 20.8 Å². The van der Waals surface area contributed by atoms with Gasteiger partial charge in [-0.1, -0.05) is 0 Å². The van der Waals surface area contributed by atoms with Gasteiger partial charge in [0.1, 0.15) is 0 Å². The molecular formula is C14H22N2O3S2. The van der Waals surface area contributed by atoms with Crippen molar-refractivity contribution in [1.29, 1.82) is 0 Å². The first-order chi connectivity index (χ1) is 9.56. The van der Waals surface area contributed by atoms with Gasteiger partial charge in [-0.25, -0.2) is 8.42 Å². The van der Waals surface area contributed by atoms with Gasteiger partial charge in [0.25, 0.3) is 0 Å². The normalized spacial score (nSPS) is 12.5. The van der Waals surface area contributed by atoms with E-state index in [0.717, 1.165) is 9.20 Å². The lowest BCUT2D eigenvalue weighted by molar-refractivity contribution is -0.122. The Morgan fingerprint density at radius 2 is 1.76 bits per heavy atom. The molecule has 0 aliphatic rings. The summed E-state index contributed by atoms with van der Waals surface area (Å²) in [6.07, 6.45) is 1.92. The third-order valence-electron chi connectivity index (χ3n) is 2.65. The summed E-state index contributed by atoms with van der Waals surface area (Å²) in [7, 11) is -2.25. The highest BCUT2D eigenvalue weighted by Gasteiger charge is 2.24. The van der Waals surface area contributed by atoms with Gasteiger partial charge >= 0.3 is 0 Å². The van der Waals surface area contributed by atoms with E-state index in [-0.39, 0.29) is 22.9 Å². The van der Waals surface area contributed by atoms with Gasteiger partial charge in [-0.05, 0) is 51.3 Å². The van der Waals surface area contributed by atoms with E-state index in [9.17, 15) is 13.2 Å². The maximum absolute atomic E-state index is 12.4. The van der Waals surface area contributed by atoms with Crippen molar-refractivity contribution >= 4 is 27.7 Å². The lowest BCUT2D eigenvalue weighted by Gasteiger charge is -2.23. The van der Waals surface area contributed by atoms with Crippen LogP contribution in [0.3, 0.4) is 0 Å². The van der Waals surface area contributed by atoms with Crippen molar-refractivity contribution in [3.05, 3.63) is 24.3 Å². The molecule has 0 atom stereocenters. The first kappa shape index (κ1) is 18.0. The molecule has 21 heavy (non-hydrogen) atoms. The first-order valence-electron chi connectivity index (χ1n) is 6.47. The number of rotatable bonds is 5. The number of amides is 1. The molecule has 0 aliphatic heterocycles. The number of hydrogen-bond acceptors (Lipinski definition) is 4. The first-order valence-corrected chi connectivity index (χ1v) is 9.14. The van der Waals surface area contributed by atoms with E-state index in [2.05, 4.69) is 5.32 Å². The van der Waals surface area contributed by atoms with E-state index >= 15 is 0 Å². The Kier molecular flexibility index (Phi) is 5.83. The summed E-state index contributed by atoms with van der Waals surface area (Å²) in [4.78, 5) is 13.0. The average molecular weight is 330 g/mol. The molecule has 1 rings (SSSR count). The van der Waals surface area contributed by atoms with Gasteiger partial charge in [-0.3, -0.25) is 4.79 Å². The lowest BCUT2D eigenvalue weighted by atomic mass is 10.1. The van der Waals surface area contributed by atoms with Crippen molar-refractivity contribution in [1.82, 2.24) is 9.62 Å². The van der Waals surface area contributed by atoms with Crippen LogP contribution in [0, 0.1) is 0 Å². The van der Waals surface area contributed by atoms with Gasteiger partial charge in [0.05, 0.1) is 11.4 Å². The van der Waals surface area contributed by atoms with Crippen molar-refractivity contribution in [3.8, 4) is 0 Å². The second-order valence-electron chi connectivity index (χ2n) is 5.73. The summed E-state index contributed by atoms with van der Waals surface area (Å²) in [5.74, 6) is -0.325. The summed E-state index contributed by atoms with van der Waals surface area (Å²) in [5, 5.41) is 2.74. The molecule has 0 heterocycles. The van der Waals surface area contributed by atoms with Crippen LogP contribution in [0.5, 0.6) is 0 Å². The van der Waals surface area contributed by atoms with E-state index < -0.39 is 10.0 Å². The molecule has 0 aromatic heterocycles. The van der Waals surface area contributed by atoms with Crippen LogP contribution < -0.4 is 5.32 Å². The Morgan fingerprint density at radius 3 is 2.19 bits per heavy atom. The fraction of sp³-hybridized carbons (Fsp3) is 0.500. The van der Waals surface area contributed by atoms with Crippen molar-refractivity contribution in [2.24, 2.45) is 0 Å². The van der Waals surface area contributed by atoms with Gasteiger partial charge in [0.15, 0.2) is 0 Å². The molecule has 118 valence electrons. The zero-order valence-corrected chi connectivity index (χ0v) is 14.6. The molecule has 1 aromatic carbocycles. The highest BCUT2D eigenvalue weighted by Crippen LogP contribution is 2.19. The van der Waals surface area contributed by atoms with Crippen molar-refractivity contribution in [2.45, 2.75) is 36.1 Å². The Morgan fingerprint density at radius 1 is 1.24 bits per heavy atom. The summed E-state index contributed by atoms with van der Waals surface area (Å²) in [6.45, 7) is 5.34. The van der Waals surface area contributed by atoms with Crippen LogP contribution in [0.4, 0.5) is 0 Å². The predicted molar refractivity (Wildman–Crippen MR) is 85.9 cm³/mol. The second kappa shape index (κ2) is 6.81. The molecule has 0 saturated heterocycles. The quantitative estimate of drug-likeness (QED) is 0.838. The number of nitrogens with zero attached hydrogens (tertiary/aromatic N) is 1. The molecular weight excluding hydrogens is 308 g/mol. The fourth-order valence-corrected chi connectivity index (χ4v) is 3.21. The molecule has 0 radical (unpaired) electrons. The molecule has 0 bridgehead atoms. The van der Waals surface area contributed by atoms with Gasteiger partial charge in [-0.2, -0.15) is 4.31 Å². The fourth-order valence-electron chi connectivity index (χ4n) is 1.67. The topological polar surface area (TPSA) is 66.5 Å². The van der Waals surface area contributed by atoms with Crippen LogP contribution in [-0.2, 0) is 14.8 Å². The van der Waals surface area contributed by atoms with Gasteiger partial charge in [0.2, 0.25) is 15.9 Å². The van der Waals surface area contributed by atoms with Crippen LogP contribution in [0.15, 0.2) is 34.1 Å². The van der Waals surface area contributed by atoms with Gasteiger partial charge in [-0.15, -0.1) is 11.8 Å². The molecule has 5 nitrogen and oxygen atoms in total. The number of likely N-dealkylation sites (N-methyl/N-ethyl adjacent to an activating group) is 1. The van der Waals surface area contributed by atoms with Crippen LogP contribution in [0.25, 0.3) is 0 Å². The molecule has 1 amide bonds. The number of carbonyl (C=O) groups excluding carboxylic acids is 1. The summed E-state index contributed by atoms with van der Waals surface area (Å²) in [6, 6.07) is 6.61. The number of sulfonamides is 1. The van der Waals surface area contributed by atoms with E-state index in [1.165, 1.54) is 7.05 Å². The van der Waals surface area contributed by atoms with Gasteiger partial charge in [0, 0.05) is 17.5 Å². The minimum Gasteiger partial charge on any atom is -0.350 e. The summed E-state index contributed by atoms with van der Waals surface area (Å²) >= 11 is 1.54. The molecule has 0 unspecified atom stereocenters. The van der Waals surface area contributed by atoms with E-state index in [1.54, 1.807) is 36.0 Å². The maximum atomic E-state index is 12.4. The predicted octanol–water partition coefficient (Wildman–Crippen LogP) is 1.94. The molecule has 1 N–H and O–H groups in total. The zero-order valence-electron chi connectivity index (χ0n) is 13.0. The van der Waals surface area contributed by atoms with E-state index in [4.69, 9.17) is 0 Å². The van der Waals surface area contributed by atoms with Crippen LogP contribution >= 0.6 is 11.8 Å². The maximum Gasteiger partial charge on any atom is 0.243 e. The number of carbonyl (C=O) groups is 1. The number of nitrogens with one attached hydrogen (secondary N) is 1. The van der Waals surface area contributed by atoms with E-state index in [0.29, 0.717) is 0 Å². The summed E-state index contributed by atoms with van der Waals surface area (Å²) < 4.78 is 25.8. The highest BCUT2D eigenvalue weighted by molar-refractivity contribution is 7.98. The van der Waals surface area contributed by atoms with E-state index in [1.807, 2.05) is 27.0 Å². The molecule has 0 fully saturated rings. The van der Waals surface area contributed by atoms with Crippen molar-refractivity contribution < 1.29 is 13.2 Å². The average Bonchev–Trinajstić information content (AvgIpc) is 2.36. The Balaban J connectivity index is 2.84. The minimum absolute atomic E-state index is 0.186. The Bertz CT molecular complexity index is 590. The minimum atomic E-state index is -3.65. The molecule has 1 aromatic rings. The lowest BCUT2D eigenvalue weighted by Crippen LogP contribution is -2.46. The number of benzene rings is 1. The second-order valence-corrected chi connectivity index (χ2v) is 8.66.